The molecule has 3 aromatic heterocycles. The minimum Gasteiger partial charge on any atom is -0.438 e. The Morgan fingerprint density at radius 2 is 1.63 bits per heavy atom. The number of rotatable bonds is 4. The summed E-state index contributed by atoms with van der Waals surface area (Å²) in [4.78, 5) is 9.27. The summed E-state index contributed by atoms with van der Waals surface area (Å²) >= 11 is 0. The van der Waals surface area contributed by atoms with Crippen molar-refractivity contribution < 1.29 is 4.42 Å². The molecule has 148 valence electrons. The van der Waals surface area contributed by atoms with Crippen LogP contribution in [0.4, 0.5) is 0 Å². The first-order chi connectivity index (χ1) is 14.6. The van der Waals surface area contributed by atoms with Crippen LogP contribution in [0, 0.1) is 12.8 Å². The van der Waals surface area contributed by atoms with Gasteiger partial charge in [-0.05, 0) is 65.8 Å². The average Bonchev–Trinajstić information content (AvgIpc) is 3.12. The van der Waals surface area contributed by atoms with Crippen LogP contribution < -0.4 is 0 Å². The van der Waals surface area contributed by atoms with Crippen LogP contribution >= 0.6 is 0 Å². The standard InChI is InChI=1S/C27H24N2O/c1-17(2)11-21-13-25(28-15-18(21)3)22-12-24-23-10-9-20(19-7-5-4-6-8-19)14-26(23)30-27(24)29-16-22/h4-10,12-17H,11H2,1-3H3. The molecule has 0 fully saturated rings. The number of hydrogen-bond acceptors (Lipinski definition) is 3. The van der Waals surface area contributed by atoms with Gasteiger partial charge in [-0.2, -0.15) is 0 Å². The Bertz CT molecular complexity index is 1350. The van der Waals surface area contributed by atoms with Gasteiger partial charge in [-0.1, -0.05) is 50.2 Å². The molecular formula is C27H24N2O. The number of aryl methyl sites for hydroxylation is 1. The minimum absolute atomic E-state index is 0.608. The summed E-state index contributed by atoms with van der Waals surface area (Å²) in [5.41, 5.74) is 8.39. The summed E-state index contributed by atoms with van der Waals surface area (Å²) in [6, 6.07) is 21.1. The van der Waals surface area contributed by atoms with Crippen LogP contribution in [-0.2, 0) is 6.42 Å². The lowest BCUT2D eigenvalue weighted by atomic mass is 9.98. The zero-order chi connectivity index (χ0) is 20.7. The van der Waals surface area contributed by atoms with Gasteiger partial charge in [0.15, 0.2) is 0 Å². The molecule has 5 rings (SSSR count). The van der Waals surface area contributed by atoms with Crippen molar-refractivity contribution in [1.82, 2.24) is 9.97 Å². The van der Waals surface area contributed by atoms with E-state index >= 15 is 0 Å². The van der Waals surface area contributed by atoms with Gasteiger partial charge in [-0.15, -0.1) is 0 Å². The number of furan rings is 1. The van der Waals surface area contributed by atoms with E-state index in [1.54, 1.807) is 0 Å². The molecule has 3 heterocycles. The largest absolute Gasteiger partial charge is 0.438 e. The number of fused-ring (bicyclic) bond motifs is 3. The molecule has 0 aliphatic heterocycles. The molecule has 3 heteroatoms. The molecule has 0 aliphatic rings. The second-order valence-electron chi connectivity index (χ2n) is 8.35. The fourth-order valence-electron chi connectivity index (χ4n) is 3.99. The van der Waals surface area contributed by atoms with E-state index in [-0.39, 0.29) is 0 Å². The summed E-state index contributed by atoms with van der Waals surface area (Å²) in [6.07, 6.45) is 4.88. The van der Waals surface area contributed by atoms with Gasteiger partial charge in [0, 0.05) is 28.7 Å². The highest BCUT2D eigenvalue weighted by atomic mass is 16.3. The quantitative estimate of drug-likeness (QED) is 0.324. The van der Waals surface area contributed by atoms with Crippen molar-refractivity contribution in [2.45, 2.75) is 27.2 Å². The number of aromatic nitrogens is 2. The van der Waals surface area contributed by atoms with Crippen molar-refractivity contribution in [2.75, 3.05) is 0 Å². The molecule has 0 unspecified atom stereocenters. The van der Waals surface area contributed by atoms with E-state index < -0.39 is 0 Å². The highest BCUT2D eigenvalue weighted by Crippen LogP contribution is 2.33. The van der Waals surface area contributed by atoms with Crippen LogP contribution in [0.5, 0.6) is 0 Å². The monoisotopic (exact) mass is 392 g/mol. The highest BCUT2D eigenvalue weighted by molar-refractivity contribution is 6.05. The maximum absolute atomic E-state index is 6.07. The van der Waals surface area contributed by atoms with Crippen LogP contribution in [0.2, 0.25) is 0 Å². The van der Waals surface area contributed by atoms with Crippen LogP contribution in [0.1, 0.15) is 25.0 Å². The molecule has 0 aliphatic carbocycles. The van der Waals surface area contributed by atoms with Gasteiger partial charge >= 0.3 is 0 Å². The summed E-state index contributed by atoms with van der Waals surface area (Å²) in [7, 11) is 0. The van der Waals surface area contributed by atoms with Crippen LogP contribution in [-0.4, -0.2) is 9.97 Å². The number of hydrogen-bond donors (Lipinski definition) is 0. The Balaban J connectivity index is 1.60. The predicted molar refractivity (Wildman–Crippen MR) is 123 cm³/mol. The van der Waals surface area contributed by atoms with Gasteiger partial charge in [0.25, 0.3) is 0 Å². The molecule has 0 saturated carbocycles. The SMILES string of the molecule is Cc1cnc(-c2cnc3oc4cc(-c5ccccc5)ccc4c3c2)cc1CC(C)C. The third-order valence-corrected chi connectivity index (χ3v) is 5.58. The van der Waals surface area contributed by atoms with Crippen molar-refractivity contribution in [3.63, 3.8) is 0 Å². The van der Waals surface area contributed by atoms with E-state index in [0.717, 1.165) is 39.6 Å². The van der Waals surface area contributed by atoms with Crippen molar-refractivity contribution in [1.29, 1.82) is 0 Å². The Morgan fingerprint density at radius 1 is 0.800 bits per heavy atom. The Hall–Kier alpha value is -3.46. The first-order valence-corrected chi connectivity index (χ1v) is 10.4. The fourth-order valence-corrected chi connectivity index (χ4v) is 3.99. The van der Waals surface area contributed by atoms with Crippen molar-refractivity contribution in [2.24, 2.45) is 5.92 Å². The fraction of sp³-hybridized carbons (Fsp3) is 0.185. The molecule has 0 saturated heterocycles. The van der Waals surface area contributed by atoms with Gasteiger partial charge in [0.2, 0.25) is 5.71 Å². The van der Waals surface area contributed by atoms with E-state index in [0.29, 0.717) is 11.6 Å². The molecule has 2 aromatic carbocycles. The normalized spacial score (nSPS) is 11.6. The second kappa shape index (κ2) is 7.42. The third kappa shape index (κ3) is 3.37. The van der Waals surface area contributed by atoms with Crippen LogP contribution in [0.15, 0.2) is 77.5 Å². The van der Waals surface area contributed by atoms with E-state index in [4.69, 9.17) is 4.42 Å². The van der Waals surface area contributed by atoms with E-state index in [1.807, 2.05) is 30.6 Å². The maximum atomic E-state index is 6.07. The molecule has 0 spiro atoms. The van der Waals surface area contributed by atoms with E-state index in [1.165, 1.54) is 16.7 Å². The summed E-state index contributed by atoms with van der Waals surface area (Å²) in [5, 5.41) is 2.10. The maximum Gasteiger partial charge on any atom is 0.227 e. The average molecular weight is 393 g/mol. The van der Waals surface area contributed by atoms with Crippen LogP contribution in [0.3, 0.4) is 0 Å². The van der Waals surface area contributed by atoms with Crippen molar-refractivity contribution in [3.8, 4) is 22.4 Å². The summed E-state index contributed by atoms with van der Waals surface area (Å²) in [5.74, 6) is 0.608. The smallest absolute Gasteiger partial charge is 0.227 e. The molecule has 30 heavy (non-hydrogen) atoms. The first-order valence-electron chi connectivity index (χ1n) is 10.4. The number of pyridine rings is 2. The zero-order valence-corrected chi connectivity index (χ0v) is 17.5. The van der Waals surface area contributed by atoms with Crippen molar-refractivity contribution >= 4 is 22.1 Å². The van der Waals surface area contributed by atoms with Gasteiger partial charge in [-0.25, -0.2) is 4.98 Å². The number of benzene rings is 2. The molecule has 0 bridgehead atoms. The van der Waals surface area contributed by atoms with Gasteiger partial charge < -0.3 is 4.42 Å². The first kappa shape index (κ1) is 18.6. The molecule has 0 amide bonds. The minimum atomic E-state index is 0.608. The Kier molecular flexibility index (Phi) is 4.59. The molecule has 0 atom stereocenters. The molecule has 0 N–H and O–H groups in total. The van der Waals surface area contributed by atoms with E-state index in [2.05, 4.69) is 73.2 Å². The van der Waals surface area contributed by atoms with E-state index in [9.17, 15) is 0 Å². The summed E-state index contributed by atoms with van der Waals surface area (Å²) < 4.78 is 6.07. The van der Waals surface area contributed by atoms with Gasteiger partial charge in [0.1, 0.15) is 5.58 Å². The Labute approximate surface area is 176 Å². The molecule has 5 aromatic rings. The highest BCUT2D eigenvalue weighted by Gasteiger charge is 2.13. The molecule has 3 nitrogen and oxygen atoms in total. The molecular weight excluding hydrogens is 368 g/mol. The van der Waals surface area contributed by atoms with Crippen molar-refractivity contribution in [3.05, 3.63) is 84.2 Å². The zero-order valence-electron chi connectivity index (χ0n) is 17.5. The predicted octanol–water partition coefficient (Wildman–Crippen LogP) is 7.22. The van der Waals surface area contributed by atoms with Gasteiger partial charge in [0.05, 0.1) is 5.69 Å². The Morgan fingerprint density at radius 3 is 2.43 bits per heavy atom. The van der Waals surface area contributed by atoms with Crippen LogP contribution in [0.25, 0.3) is 44.5 Å². The third-order valence-electron chi connectivity index (χ3n) is 5.58. The lowest BCUT2D eigenvalue weighted by molar-refractivity contribution is 0.644. The number of nitrogens with zero attached hydrogens (tertiary/aromatic N) is 2. The lowest BCUT2D eigenvalue weighted by Gasteiger charge is -2.10. The molecule has 0 radical (unpaired) electrons. The summed E-state index contributed by atoms with van der Waals surface area (Å²) in [6.45, 7) is 6.62. The van der Waals surface area contributed by atoms with Gasteiger partial charge in [-0.3, -0.25) is 4.98 Å². The topological polar surface area (TPSA) is 38.9 Å². The lowest BCUT2D eigenvalue weighted by Crippen LogP contribution is -1.99. The second-order valence-corrected chi connectivity index (χ2v) is 8.35.